The molecule has 0 radical (unpaired) electrons. The molecule has 1 aromatic heterocycles. The molecule has 5 nitrogen and oxygen atoms in total. The molecule has 2 aliphatic heterocycles. The van der Waals surface area contributed by atoms with Gasteiger partial charge in [-0.15, -0.1) is 0 Å². The van der Waals surface area contributed by atoms with E-state index in [2.05, 4.69) is 9.88 Å². The number of hydrogen-bond acceptors (Lipinski definition) is 4. The van der Waals surface area contributed by atoms with Gasteiger partial charge in [0.2, 0.25) is 0 Å². The summed E-state index contributed by atoms with van der Waals surface area (Å²) in [6.45, 7) is 5.74. The molecule has 3 aliphatic rings. The molecule has 0 bridgehead atoms. The second kappa shape index (κ2) is 6.08. The van der Waals surface area contributed by atoms with Crippen molar-refractivity contribution in [3.63, 3.8) is 0 Å². The van der Waals surface area contributed by atoms with Crippen LogP contribution in [0.15, 0.2) is 30.3 Å². The summed E-state index contributed by atoms with van der Waals surface area (Å²) in [4.78, 5) is 26.6. The molecule has 2 atom stereocenters. The van der Waals surface area contributed by atoms with Gasteiger partial charge in [-0.2, -0.15) is 0 Å². The predicted octanol–water partition coefficient (Wildman–Crippen LogP) is 2.48. The number of anilines is 1. The van der Waals surface area contributed by atoms with E-state index in [0.29, 0.717) is 11.8 Å². The van der Waals surface area contributed by atoms with Gasteiger partial charge in [-0.3, -0.25) is 4.79 Å². The lowest BCUT2D eigenvalue weighted by Gasteiger charge is -2.24. The third kappa shape index (κ3) is 2.57. The number of amides is 1. The van der Waals surface area contributed by atoms with Crippen molar-refractivity contribution >= 4 is 11.7 Å². The average Bonchev–Trinajstić information content (AvgIpc) is 3.35. The molecule has 2 saturated heterocycles. The molecule has 0 N–H and O–H groups in total. The van der Waals surface area contributed by atoms with Crippen molar-refractivity contribution in [2.45, 2.75) is 26.2 Å². The van der Waals surface area contributed by atoms with Gasteiger partial charge in [0.15, 0.2) is 0 Å². The van der Waals surface area contributed by atoms with E-state index in [1.807, 2.05) is 42.2 Å². The van der Waals surface area contributed by atoms with Crippen LogP contribution >= 0.6 is 0 Å². The minimum absolute atomic E-state index is 0.172. The summed E-state index contributed by atoms with van der Waals surface area (Å²) < 4.78 is 0. The lowest BCUT2D eigenvalue weighted by Crippen LogP contribution is -2.33. The Morgan fingerprint density at radius 1 is 1.00 bits per heavy atom. The summed E-state index contributed by atoms with van der Waals surface area (Å²) in [6.07, 6.45) is 3.39. The van der Waals surface area contributed by atoms with Gasteiger partial charge in [-0.1, -0.05) is 18.2 Å². The maximum absolute atomic E-state index is 12.7. The molecule has 2 unspecified atom stereocenters. The first-order valence-electron chi connectivity index (χ1n) is 9.64. The van der Waals surface area contributed by atoms with Crippen molar-refractivity contribution < 1.29 is 4.79 Å². The minimum Gasteiger partial charge on any atom is -0.356 e. The van der Waals surface area contributed by atoms with Crippen molar-refractivity contribution in [3.8, 4) is 0 Å². The SMILES string of the molecule is Cc1nc2c(c(N3CC4CN(C(=O)c5ccccc5)CC4C3)n1)CCC2. The van der Waals surface area contributed by atoms with Crippen molar-refractivity contribution in [2.24, 2.45) is 11.8 Å². The quantitative estimate of drug-likeness (QED) is 0.837. The molecule has 3 heterocycles. The maximum atomic E-state index is 12.7. The standard InChI is InChI=1S/C21H24N4O/c1-14-22-19-9-5-8-18(19)20(23-14)24-10-16-12-25(13-17(16)11-24)21(26)15-6-3-2-4-7-15/h2-4,6-7,16-17H,5,8-13H2,1H3. The lowest BCUT2D eigenvalue weighted by molar-refractivity contribution is 0.0782. The zero-order valence-corrected chi connectivity index (χ0v) is 15.2. The molecule has 0 saturated carbocycles. The van der Waals surface area contributed by atoms with Crippen LogP contribution in [0.5, 0.6) is 0 Å². The molecule has 2 aromatic rings. The van der Waals surface area contributed by atoms with Gasteiger partial charge in [0.05, 0.1) is 0 Å². The topological polar surface area (TPSA) is 49.3 Å². The Morgan fingerprint density at radius 2 is 1.73 bits per heavy atom. The van der Waals surface area contributed by atoms with E-state index in [9.17, 15) is 4.79 Å². The van der Waals surface area contributed by atoms with E-state index < -0.39 is 0 Å². The summed E-state index contributed by atoms with van der Waals surface area (Å²) in [5, 5.41) is 0. The largest absolute Gasteiger partial charge is 0.356 e. The van der Waals surface area contributed by atoms with E-state index in [1.165, 1.54) is 23.5 Å². The van der Waals surface area contributed by atoms with Crippen molar-refractivity contribution in [3.05, 3.63) is 53.0 Å². The monoisotopic (exact) mass is 348 g/mol. The van der Waals surface area contributed by atoms with Crippen LogP contribution in [-0.4, -0.2) is 47.0 Å². The highest BCUT2D eigenvalue weighted by molar-refractivity contribution is 5.94. The molecule has 1 aromatic carbocycles. The fourth-order valence-electron chi connectivity index (χ4n) is 4.89. The van der Waals surface area contributed by atoms with E-state index in [4.69, 9.17) is 4.98 Å². The highest BCUT2D eigenvalue weighted by Gasteiger charge is 2.42. The molecule has 26 heavy (non-hydrogen) atoms. The van der Waals surface area contributed by atoms with Gasteiger partial charge in [-0.25, -0.2) is 9.97 Å². The average molecular weight is 348 g/mol. The second-order valence-corrected chi connectivity index (χ2v) is 7.87. The van der Waals surface area contributed by atoms with Crippen LogP contribution in [0.2, 0.25) is 0 Å². The summed E-state index contributed by atoms with van der Waals surface area (Å²) in [5.41, 5.74) is 3.42. The molecular formula is C21H24N4O. The Balaban J connectivity index is 1.32. The first-order valence-corrected chi connectivity index (χ1v) is 9.64. The van der Waals surface area contributed by atoms with Crippen LogP contribution < -0.4 is 4.90 Å². The van der Waals surface area contributed by atoms with Crippen molar-refractivity contribution in [1.82, 2.24) is 14.9 Å². The third-order valence-electron chi connectivity index (χ3n) is 6.12. The zero-order valence-electron chi connectivity index (χ0n) is 15.2. The van der Waals surface area contributed by atoms with E-state index in [0.717, 1.165) is 50.4 Å². The van der Waals surface area contributed by atoms with Crippen LogP contribution in [0, 0.1) is 18.8 Å². The van der Waals surface area contributed by atoms with Crippen LogP contribution in [0.25, 0.3) is 0 Å². The highest BCUT2D eigenvalue weighted by Crippen LogP contribution is 2.37. The van der Waals surface area contributed by atoms with Crippen LogP contribution in [0.3, 0.4) is 0 Å². The molecule has 1 amide bonds. The lowest BCUT2D eigenvalue weighted by atomic mass is 10.0. The van der Waals surface area contributed by atoms with Crippen LogP contribution in [0.4, 0.5) is 5.82 Å². The number of carbonyl (C=O) groups excluding carboxylic acids is 1. The Hall–Kier alpha value is -2.43. The van der Waals surface area contributed by atoms with E-state index >= 15 is 0 Å². The van der Waals surface area contributed by atoms with Crippen LogP contribution in [0.1, 0.15) is 33.9 Å². The second-order valence-electron chi connectivity index (χ2n) is 7.87. The number of benzene rings is 1. The number of hydrogen-bond donors (Lipinski definition) is 0. The number of aryl methyl sites for hydroxylation is 2. The molecule has 0 spiro atoms. The number of nitrogens with zero attached hydrogens (tertiary/aromatic N) is 4. The summed E-state index contributed by atoms with van der Waals surface area (Å²) in [6, 6.07) is 9.65. The van der Waals surface area contributed by atoms with Gasteiger partial charge in [0, 0.05) is 54.8 Å². The summed E-state index contributed by atoms with van der Waals surface area (Å²) in [7, 11) is 0. The van der Waals surface area contributed by atoms with Gasteiger partial charge in [0.25, 0.3) is 5.91 Å². The first kappa shape index (κ1) is 15.8. The Bertz CT molecular complexity index is 837. The molecule has 1 aliphatic carbocycles. The fraction of sp³-hybridized carbons (Fsp3) is 0.476. The fourth-order valence-corrected chi connectivity index (χ4v) is 4.89. The van der Waals surface area contributed by atoms with Gasteiger partial charge in [-0.05, 0) is 38.3 Å². The van der Waals surface area contributed by atoms with Crippen LogP contribution in [-0.2, 0) is 12.8 Å². The number of rotatable bonds is 2. The smallest absolute Gasteiger partial charge is 0.253 e. The van der Waals surface area contributed by atoms with Crippen molar-refractivity contribution in [2.75, 3.05) is 31.1 Å². The van der Waals surface area contributed by atoms with E-state index in [1.54, 1.807) is 0 Å². The minimum atomic E-state index is 0.172. The highest BCUT2D eigenvalue weighted by atomic mass is 16.2. The maximum Gasteiger partial charge on any atom is 0.253 e. The third-order valence-corrected chi connectivity index (χ3v) is 6.12. The molecule has 2 fully saturated rings. The Morgan fingerprint density at radius 3 is 2.46 bits per heavy atom. The first-order chi connectivity index (χ1) is 12.7. The summed E-state index contributed by atoms with van der Waals surface area (Å²) in [5.74, 6) is 3.33. The normalized spacial score (nSPS) is 24.0. The summed E-state index contributed by atoms with van der Waals surface area (Å²) >= 11 is 0. The molecule has 5 heteroatoms. The molecule has 134 valence electrons. The Kier molecular flexibility index (Phi) is 3.69. The van der Waals surface area contributed by atoms with E-state index in [-0.39, 0.29) is 5.91 Å². The Labute approximate surface area is 154 Å². The zero-order chi connectivity index (χ0) is 17.7. The molecular weight excluding hydrogens is 324 g/mol. The van der Waals surface area contributed by atoms with Gasteiger partial charge < -0.3 is 9.80 Å². The predicted molar refractivity (Wildman–Crippen MR) is 100 cm³/mol. The number of fused-ring (bicyclic) bond motifs is 2. The molecule has 5 rings (SSSR count). The van der Waals surface area contributed by atoms with Crippen molar-refractivity contribution in [1.29, 1.82) is 0 Å². The number of carbonyl (C=O) groups is 1. The van der Waals surface area contributed by atoms with Gasteiger partial charge >= 0.3 is 0 Å². The number of aromatic nitrogens is 2. The van der Waals surface area contributed by atoms with Gasteiger partial charge in [0.1, 0.15) is 11.6 Å². The number of likely N-dealkylation sites (tertiary alicyclic amines) is 1.